The number of nitrogens with zero attached hydrogens (tertiary/aromatic N) is 2. The van der Waals surface area contributed by atoms with Crippen molar-refractivity contribution in [3.05, 3.63) is 76.4 Å². The number of aromatic nitrogens is 2. The fourth-order valence-electron chi connectivity index (χ4n) is 2.82. The molecule has 2 heterocycles. The molecule has 1 amide bonds. The fourth-order valence-corrected chi connectivity index (χ4v) is 3.71. The second-order valence-corrected chi connectivity index (χ2v) is 6.98. The number of carbonyl (C=O) groups is 1. The van der Waals surface area contributed by atoms with E-state index in [9.17, 15) is 4.79 Å². The van der Waals surface area contributed by atoms with Crippen LogP contribution in [0.15, 0.2) is 65.7 Å². The molecule has 0 radical (unpaired) electrons. The van der Waals surface area contributed by atoms with E-state index in [1.807, 2.05) is 35.7 Å². The van der Waals surface area contributed by atoms with E-state index in [-0.39, 0.29) is 11.8 Å². The van der Waals surface area contributed by atoms with Crippen molar-refractivity contribution in [1.29, 1.82) is 0 Å². The lowest BCUT2D eigenvalue weighted by molar-refractivity contribution is 0.102. The monoisotopic (exact) mass is 347 g/mol. The summed E-state index contributed by atoms with van der Waals surface area (Å²) in [6, 6.07) is 9.54. The minimum atomic E-state index is -0.183. The maximum atomic E-state index is 12.5. The number of thiazole rings is 1. The Morgan fingerprint density at radius 2 is 2.24 bits per heavy atom. The largest absolute Gasteiger partial charge is 0.321 e. The molecule has 4 rings (SSSR count). The van der Waals surface area contributed by atoms with Crippen LogP contribution in [0.1, 0.15) is 34.8 Å². The number of anilines is 1. The van der Waals surface area contributed by atoms with Crippen LogP contribution in [0.3, 0.4) is 0 Å². The highest BCUT2D eigenvalue weighted by Gasteiger charge is 2.17. The van der Waals surface area contributed by atoms with Crippen molar-refractivity contribution >= 4 is 33.8 Å². The molecule has 1 N–H and O–H groups in total. The number of rotatable bonds is 3. The van der Waals surface area contributed by atoms with Gasteiger partial charge in [-0.25, -0.2) is 4.98 Å². The number of nitrogens with one attached hydrogen (secondary N) is 1. The molecule has 1 atom stereocenters. The van der Waals surface area contributed by atoms with Crippen LogP contribution >= 0.6 is 11.3 Å². The summed E-state index contributed by atoms with van der Waals surface area (Å²) in [5, 5.41) is 6.72. The summed E-state index contributed by atoms with van der Waals surface area (Å²) in [5.74, 6) is 0.0826. The Morgan fingerprint density at radius 1 is 1.32 bits per heavy atom. The van der Waals surface area contributed by atoms with Crippen LogP contribution in [0.5, 0.6) is 0 Å². The van der Waals surface area contributed by atoms with E-state index < -0.39 is 0 Å². The van der Waals surface area contributed by atoms with Crippen molar-refractivity contribution in [2.24, 2.45) is 0 Å². The smallest absolute Gasteiger partial charge is 0.275 e. The number of amides is 1. The van der Waals surface area contributed by atoms with Gasteiger partial charge in [-0.05, 0) is 37.6 Å². The third-order valence-electron chi connectivity index (χ3n) is 4.22. The van der Waals surface area contributed by atoms with E-state index in [0.29, 0.717) is 5.69 Å². The highest BCUT2D eigenvalue weighted by Crippen LogP contribution is 2.29. The molecular weight excluding hydrogens is 330 g/mol. The summed E-state index contributed by atoms with van der Waals surface area (Å²) >= 11 is 1.54. The lowest BCUT2D eigenvalue weighted by Crippen LogP contribution is -2.12. The van der Waals surface area contributed by atoms with Gasteiger partial charge >= 0.3 is 0 Å². The van der Waals surface area contributed by atoms with Gasteiger partial charge in [-0.1, -0.05) is 29.9 Å². The molecule has 1 unspecified atom stereocenters. The van der Waals surface area contributed by atoms with E-state index >= 15 is 0 Å². The van der Waals surface area contributed by atoms with E-state index in [1.54, 1.807) is 6.20 Å². The van der Waals surface area contributed by atoms with Crippen molar-refractivity contribution in [1.82, 2.24) is 9.97 Å². The molecule has 4 nitrogen and oxygen atoms in total. The van der Waals surface area contributed by atoms with Gasteiger partial charge in [0.25, 0.3) is 5.91 Å². The molecule has 0 spiro atoms. The standard InChI is InChI=1S/C20H17N3OS/c1-13-4-6-14(7-5-13)20-23-18(12-25-20)19(24)22-16-8-9-17-15(11-16)3-2-10-21-17/h2-6,8-12,14H,7H2,1H3,(H,22,24). The molecule has 1 aliphatic carbocycles. The Bertz CT molecular complexity index is 1000. The zero-order valence-electron chi connectivity index (χ0n) is 13.8. The summed E-state index contributed by atoms with van der Waals surface area (Å²) < 4.78 is 0. The van der Waals surface area contributed by atoms with Gasteiger partial charge in [0.05, 0.1) is 5.52 Å². The Labute approximate surface area is 149 Å². The molecule has 0 bridgehead atoms. The zero-order chi connectivity index (χ0) is 17.2. The molecule has 5 heteroatoms. The third kappa shape index (κ3) is 3.37. The molecule has 124 valence electrons. The number of hydrogen-bond acceptors (Lipinski definition) is 4. The van der Waals surface area contributed by atoms with Crippen molar-refractivity contribution < 1.29 is 4.79 Å². The Morgan fingerprint density at radius 3 is 3.08 bits per heavy atom. The van der Waals surface area contributed by atoms with Gasteiger partial charge in [-0.2, -0.15) is 0 Å². The van der Waals surface area contributed by atoms with Crippen molar-refractivity contribution in [2.45, 2.75) is 19.3 Å². The number of fused-ring (bicyclic) bond motifs is 1. The molecule has 2 aromatic heterocycles. The van der Waals surface area contributed by atoms with E-state index in [0.717, 1.165) is 28.0 Å². The van der Waals surface area contributed by atoms with E-state index in [2.05, 4.69) is 40.4 Å². The molecule has 1 aromatic carbocycles. The summed E-state index contributed by atoms with van der Waals surface area (Å²) in [7, 11) is 0. The normalized spacial score (nSPS) is 16.7. The highest BCUT2D eigenvalue weighted by molar-refractivity contribution is 7.10. The van der Waals surface area contributed by atoms with Crippen molar-refractivity contribution in [3.8, 4) is 0 Å². The Kier molecular flexibility index (Phi) is 4.15. The molecule has 0 saturated heterocycles. The summed E-state index contributed by atoms with van der Waals surface area (Å²) in [4.78, 5) is 21.3. The maximum Gasteiger partial charge on any atom is 0.275 e. The summed E-state index contributed by atoms with van der Waals surface area (Å²) in [6.45, 7) is 2.09. The second-order valence-electron chi connectivity index (χ2n) is 6.09. The van der Waals surface area contributed by atoms with E-state index in [4.69, 9.17) is 0 Å². The predicted molar refractivity (Wildman–Crippen MR) is 102 cm³/mol. The zero-order valence-corrected chi connectivity index (χ0v) is 14.6. The van der Waals surface area contributed by atoms with Crippen molar-refractivity contribution in [2.75, 3.05) is 5.32 Å². The molecule has 0 fully saturated rings. The van der Waals surface area contributed by atoms with Crippen LogP contribution in [-0.4, -0.2) is 15.9 Å². The average molecular weight is 347 g/mol. The summed E-state index contributed by atoms with van der Waals surface area (Å²) in [6.07, 6.45) is 9.17. The number of benzene rings is 1. The third-order valence-corrected chi connectivity index (χ3v) is 5.19. The second kappa shape index (κ2) is 6.61. The van der Waals surface area contributed by atoms with Gasteiger partial charge in [0.2, 0.25) is 0 Å². The quantitative estimate of drug-likeness (QED) is 0.730. The molecule has 3 aromatic rings. The van der Waals surface area contributed by atoms with Gasteiger partial charge in [0, 0.05) is 28.6 Å². The lowest BCUT2D eigenvalue weighted by Gasteiger charge is -2.11. The number of allylic oxidation sites excluding steroid dienone is 4. The molecule has 0 saturated carbocycles. The number of pyridine rings is 1. The SMILES string of the molecule is CC1=CCC(c2nc(C(=O)Nc3ccc4ncccc4c3)cs2)C=C1. The van der Waals surface area contributed by atoms with Gasteiger partial charge in [0.15, 0.2) is 0 Å². The molecule has 0 aliphatic heterocycles. The average Bonchev–Trinajstić information content (AvgIpc) is 3.12. The molecular formula is C20H17N3OS. The minimum absolute atomic E-state index is 0.183. The fraction of sp³-hybridized carbons (Fsp3) is 0.150. The first-order valence-corrected chi connectivity index (χ1v) is 9.03. The van der Waals surface area contributed by atoms with Crippen LogP contribution < -0.4 is 5.32 Å². The molecule has 25 heavy (non-hydrogen) atoms. The lowest BCUT2D eigenvalue weighted by atomic mass is 9.98. The Balaban J connectivity index is 1.50. The van der Waals surface area contributed by atoms with Gasteiger partial charge < -0.3 is 5.32 Å². The van der Waals surface area contributed by atoms with Crippen LogP contribution in [0.4, 0.5) is 5.69 Å². The highest BCUT2D eigenvalue weighted by atomic mass is 32.1. The molecule has 1 aliphatic rings. The first-order valence-electron chi connectivity index (χ1n) is 8.15. The van der Waals surface area contributed by atoms with Crippen molar-refractivity contribution in [3.63, 3.8) is 0 Å². The first kappa shape index (κ1) is 15.7. The maximum absolute atomic E-state index is 12.5. The summed E-state index contributed by atoms with van der Waals surface area (Å²) in [5.41, 5.74) is 3.39. The Hall–Kier alpha value is -2.79. The van der Waals surface area contributed by atoms with Crippen LogP contribution in [0.2, 0.25) is 0 Å². The van der Waals surface area contributed by atoms with Crippen LogP contribution in [-0.2, 0) is 0 Å². The predicted octanol–water partition coefficient (Wildman–Crippen LogP) is 4.93. The van der Waals surface area contributed by atoms with Crippen LogP contribution in [0.25, 0.3) is 10.9 Å². The van der Waals surface area contributed by atoms with Gasteiger partial charge in [0.1, 0.15) is 10.7 Å². The van der Waals surface area contributed by atoms with Crippen LogP contribution in [0, 0.1) is 0 Å². The number of hydrogen-bond donors (Lipinski definition) is 1. The topological polar surface area (TPSA) is 54.9 Å². The minimum Gasteiger partial charge on any atom is -0.321 e. The number of carbonyl (C=O) groups excluding carboxylic acids is 1. The van der Waals surface area contributed by atoms with Gasteiger partial charge in [-0.15, -0.1) is 11.3 Å². The van der Waals surface area contributed by atoms with Gasteiger partial charge in [-0.3, -0.25) is 9.78 Å². The van der Waals surface area contributed by atoms with E-state index in [1.165, 1.54) is 16.9 Å². The first-order chi connectivity index (χ1) is 12.2.